The van der Waals surface area contributed by atoms with E-state index in [2.05, 4.69) is 22.7 Å². The fraction of sp³-hybridized carbons (Fsp3) is 0. The summed E-state index contributed by atoms with van der Waals surface area (Å²) in [5.41, 5.74) is 0.826. The first-order valence-corrected chi connectivity index (χ1v) is 3.30. The summed E-state index contributed by atoms with van der Waals surface area (Å²) in [5, 5.41) is 4.70. The molecule has 2 rings (SSSR count). The summed E-state index contributed by atoms with van der Waals surface area (Å²) in [4.78, 5) is 4.08. The Kier molecular flexibility index (Phi) is 1.14. The molecule has 0 radical (unpaired) electrons. The van der Waals surface area contributed by atoms with E-state index in [0.29, 0.717) is 5.03 Å². The zero-order chi connectivity index (χ0) is 6.97. The molecular weight excluding hydrogens is 146 g/mol. The molecule has 0 saturated heterocycles. The number of rotatable bonds is 0. The molecule has 0 saturated carbocycles. The Labute approximate surface area is 63.1 Å². The van der Waals surface area contributed by atoms with Crippen molar-refractivity contribution >= 4 is 18.3 Å². The SMILES string of the molecule is Sc1cn2ncccc2n1. The summed E-state index contributed by atoms with van der Waals surface area (Å²) in [6.07, 6.45) is 3.47. The van der Waals surface area contributed by atoms with Crippen LogP contribution in [0.15, 0.2) is 29.6 Å². The Balaban J connectivity index is 2.88. The number of fused-ring (bicyclic) bond motifs is 1. The van der Waals surface area contributed by atoms with E-state index in [1.165, 1.54) is 0 Å². The highest BCUT2D eigenvalue weighted by Crippen LogP contribution is 2.04. The van der Waals surface area contributed by atoms with Gasteiger partial charge in [0.15, 0.2) is 5.65 Å². The highest BCUT2D eigenvalue weighted by molar-refractivity contribution is 7.80. The van der Waals surface area contributed by atoms with E-state index in [-0.39, 0.29) is 0 Å². The molecule has 2 aromatic rings. The highest BCUT2D eigenvalue weighted by Gasteiger charge is 1.94. The molecule has 0 unspecified atom stereocenters. The Morgan fingerprint density at radius 3 is 3.20 bits per heavy atom. The van der Waals surface area contributed by atoms with Crippen LogP contribution in [0.25, 0.3) is 5.65 Å². The third-order valence-corrected chi connectivity index (χ3v) is 1.44. The van der Waals surface area contributed by atoms with E-state index in [0.717, 1.165) is 5.65 Å². The molecule has 0 atom stereocenters. The van der Waals surface area contributed by atoms with Crippen LogP contribution in [0.5, 0.6) is 0 Å². The van der Waals surface area contributed by atoms with Crippen LogP contribution >= 0.6 is 12.6 Å². The molecule has 0 aliphatic rings. The van der Waals surface area contributed by atoms with Gasteiger partial charge in [0.2, 0.25) is 0 Å². The fourth-order valence-electron chi connectivity index (χ4n) is 0.819. The molecule has 0 amide bonds. The highest BCUT2D eigenvalue weighted by atomic mass is 32.1. The average molecular weight is 151 g/mol. The van der Waals surface area contributed by atoms with Crippen molar-refractivity contribution in [1.29, 1.82) is 0 Å². The number of aromatic nitrogens is 3. The topological polar surface area (TPSA) is 30.2 Å². The lowest BCUT2D eigenvalue weighted by molar-refractivity contribution is 0.932. The maximum Gasteiger partial charge on any atom is 0.154 e. The minimum absolute atomic E-state index is 0.693. The number of hydrogen-bond donors (Lipinski definition) is 1. The molecule has 3 nitrogen and oxygen atoms in total. The monoisotopic (exact) mass is 151 g/mol. The van der Waals surface area contributed by atoms with E-state index in [9.17, 15) is 0 Å². The van der Waals surface area contributed by atoms with Crippen LogP contribution in [0, 0.1) is 0 Å². The molecule has 2 heterocycles. The Morgan fingerprint density at radius 2 is 2.40 bits per heavy atom. The van der Waals surface area contributed by atoms with Crippen LogP contribution in [-0.4, -0.2) is 14.6 Å². The molecule has 0 spiro atoms. The van der Waals surface area contributed by atoms with Crippen molar-refractivity contribution in [3.05, 3.63) is 24.5 Å². The van der Waals surface area contributed by atoms with Crippen LogP contribution in [0.1, 0.15) is 0 Å². The van der Waals surface area contributed by atoms with Gasteiger partial charge in [-0.15, -0.1) is 12.6 Å². The van der Waals surface area contributed by atoms with E-state index in [4.69, 9.17) is 0 Å². The molecule has 0 N–H and O–H groups in total. The van der Waals surface area contributed by atoms with Crippen molar-refractivity contribution in [1.82, 2.24) is 14.6 Å². The molecule has 2 aromatic heterocycles. The lowest BCUT2D eigenvalue weighted by Crippen LogP contribution is -1.85. The van der Waals surface area contributed by atoms with Gasteiger partial charge in [-0.05, 0) is 12.1 Å². The lowest BCUT2D eigenvalue weighted by Gasteiger charge is -1.85. The molecule has 0 aliphatic heterocycles. The van der Waals surface area contributed by atoms with Gasteiger partial charge in [0.05, 0.1) is 6.20 Å². The van der Waals surface area contributed by atoms with Crippen LogP contribution < -0.4 is 0 Å². The summed E-state index contributed by atoms with van der Waals surface area (Å²) in [5.74, 6) is 0. The lowest BCUT2D eigenvalue weighted by atomic mass is 10.6. The number of imidazole rings is 1. The van der Waals surface area contributed by atoms with Gasteiger partial charge >= 0.3 is 0 Å². The summed E-state index contributed by atoms with van der Waals surface area (Å²) < 4.78 is 1.68. The van der Waals surface area contributed by atoms with Crippen LogP contribution in [-0.2, 0) is 0 Å². The molecule has 4 heteroatoms. The summed E-state index contributed by atoms with van der Waals surface area (Å²) in [7, 11) is 0. The standard InChI is InChI=1S/C6H5N3S/c10-6-4-9-5(8-6)2-1-3-7-9/h1-4,10H. The van der Waals surface area contributed by atoms with Crippen molar-refractivity contribution in [2.24, 2.45) is 0 Å². The van der Waals surface area contributed by atoms with Gasteiger partial charge in [-0.25, -0.2) is 9.50 Å². The second-order valence-corrected chi connectivity index (χ2v) is 2.38. The second-order valence-electron chi connectivity index (χ2n) is 1.93. The first kappa shape index (κ1) is 5.73. The van der Waals surface area contributed by atoms with Gasteiger partial charge in [0, 0.05) is 6.20 Å². The molecule has 50 valence electrons. The van der Waals surface area contributed by atoms with E-state index < -0.39 is 0 Å². The number of nitrogens with zero attached hydrogens (tertiary/aromatic N) is 3. The van der Waals surface area contributed by atoms with Gasteiger partial charge in [-0.2, -0.15) is 5.10 Å². The summed E-state index contributed by atoms with van der Waals surface area (Å²) in [6, 6.07) is 3.72. The largest absolute Gasteiger partial charge is 0.221 e. The smallest absolute Gasteiger partial charge is 0.154 e. The number of hydrogen-bond acceptors (Lipinski definition) is 3. The van der Waals surface area contributed by atoms with Crippen molar-refractivity contribution in [3.8, 4) is 0 Å². The van der Waals surface area contributed by atoms with Gasteiger partial charge in [-0.1, -0.05) is 0 Å². The minimum Gasteiger partial charge on any atom is -0.221 e. The van der Waals surface area contributed by atoms with Crippen molar-refractivity contribution in [2.75, 3.05) is 0 Å². The first-order chi connectivity index (χ1) is 4.86. The predicted octanol–water partition coefficient (Wildman–Crippen LogP) is 1.02. The fourth-order valence-corrected chi connectivity index (χ4v) is 1.03. The van der Waals surface area contributed by atoms with E-state index >= 15 is 0 Å². The quantitative estimate of drug-likeness (QED) is 0.570. The first-order valence-electron chi connectivity index (χ1n) is 2.85. The zero-order valence-electron chi connectivity index (χ0n) is 5.10. The second kappa shape index (κ2) is 1.98. The van der Waals surface area contributed by atoms with E-state index in [1.54, 1.807) is 16.9 Å². The zero-order valence-corrected chi connectivity index (χ0v) is 5.99. The Morgan fingerprint density at radius 1 is 1.50 bits per heavy atom. The molecule has 0 aromatic carbocycles. The van der Waals surface area contributed by atoms with Crippen molar-refractivity contribution in [2.45, 2.75) is 5.03 Å². The Bertz CT molecular complexity index is 322. The maximum absolute atomic E-state index is 4.08. The third-order valence-electron chi connectivity index (χ3n) is 1.22. The van der Waals surface area contributed by atoms with Crippen molar-refractivity contribution in [3.63, 3.8) is 0 Å². The van der Waals surface area contributed by atoms with Gasteiger partial charge < -0.3 is 0 Å². The van der Waals surface area contributed by atoms with Crippen LogP contribution in [0.4, 0.5) is 0 Å². The Hall–Kier alpha value is -1.03. The van der Waals surface area contributed by atoms with Crippen molar-refractivity contribution < 1.29 is 0 Å². The van der Waals surface area contributed by atoms with Gasteiger partial charge in [0.25, 0.3) is 0 Å². The van der Waals surface area contributed by atoms with E-state index in [1.807, 2.05) is 12.1 Å². The summed E-state index contributed by atoms with van der Waals surface area (Å²) in [6.45, 7) is 0. The number of thiol groups is 1. The predicted molar refractivity (Wildman–Crippen MR) is 40.2 cm³/mol. The molecule has 10 heavy (non-hydrogen) atoms. The van der Waals surface area contributed by atoms with Crippen LogP contribution in [0.3, 0.4) is 0 Å². The minimum atomic E-state index is 0.693. The molecule has 0 fully saturated rings. The van der Waals surface area contributed by atoms with Gasteiger partial charge in [0.1, 0.15) is 5.03 Å². The third kappa shape index (κ3) is 0.769. The maximum atomic E-state index is 4.08. The normalized spacial score (nSPS) is 10.5. The molecule has 0 aliphatic carbocycles. The van der Waals surface area contributed by atoms with Crippen LogP contribution in [0.2, 0.25) is 0 Å². The summed E-state index contributed by atoms with van der Waals surface area (Å²) >= 11 is 4.07. The molecule has 0 bridgehead atoms. The average Bonchev–Trinajstić information content (AvgIpc) is 2.27. The van der Waals surface area contributed by atoms with Gasteiger partial charge in [-0.3, -0.25) is 0 Å². The molecular formula is C6H5N3S.